The van der Waals surface area contributed by atoms with Crippen molar-refractivity contribution in [2.24, 2.45) is 5.92 Å². The first-order valence-corrected chi connectivity index (χ1v) is 9.41. The van der Waals surface area contributed by atoms with Gasteiger partial charge in [0.15, 0.2) is 0 Å². The molecule has 1 aliphatic heterocycles. The number of anilines is 2. The Morgan fingerprint density at radius 3 is 2.58 bits per heavy atom. The molecular formula is C18H19N3O2S. The Balaban J connectivity index is 1.75. The summed E-state index contributed by atoms with van der Waals surface area (Å²) in [6.45, 7) is 0.683. The molecule has 1 heterocycles. The van der Waals surface area contributed by atoms with Crippen LogP contribution in [0.5, 0.6) is 0 Å². The van der Waals surface area contributed by atoms with Crippen molar-refractivity contribution in [3.63, 3.8) is 0 Å². The summed E-state index contributed by atoms with van der Waals surface area (Å²) in [7, 11) is -1.26. The van der Waals surface area contributed by atoms with E-state index in [1.807, 2.05) is 36.4 Å². The highest BCUT2D eigenvalue weighted by Crippen LogP contribution is 2.61. The van der Waals surface area contributed by atoms with Gasteiger partial charge in [0.2, 0.25) is 0 Å². The fourth-order valence-corrected chi connectivity index (χ4v) is 4.61. The van der Waals surface area contributed by atoms with Crippen LogP contribution in [-0.2, 0) is 0 Å². The Hall–Kier alpha value is -2.20. The van der Waals surface area contributed by atoms with Gasteiger partial charge in [0.05, 0.1) is 23.0 Å². The Kier molecular flexibility index (Phi) is 3.46. The molecule has 0 amide bonds. The molecule has 0 saturated heterocycles. The lowest BCUT2D eigenvalue weighted by Crippen LogP contribution is -2.32. The van der Waals surface area contributed by atoms with Crippen LogP contribution >= 0.6 is 11.0 Å². The van der Waals surface area contributed by atoms with Gasteiger partial charge in [-0.25, -0.2) is 0 Å². The van der Waals surface area contributed by atoms with Gasteiger partial charge in [-0.2, -0.15) is 5.26 Å². The molecule has 124 valence electrons. The number of nitriles is 1. The molecule has 1 fully saturated rings. The summed E-state index contributed by atoms with van der Waals surface area (Å²) in [5.41, 5.74) is 4.20. The summed E-state index contributed by atoms with van der Waals surface area (Å²) in [4.78, 5) is 0. The number of benzene rings is 2. The molecule has 1 aliphatic carbocycles. The third-order valence-corrected chi connectivity index (χ3v) is 6.56. The van der Waals surface area contributed by atoms with Gasteiger partial charge in [-0.05, 0) is 65.1 Å². The van der Waals surface area contributed by atoms with Crippen molar-refractivity contribution in [3.05, 3.63) is 48.0 Å². The third kappa shape index (κ3) is 2.42. The lowest BCUT2D eigenvalue weighted by molar-refractivity contribution is 0.481. The van der Waals surface area contributed by atoms with E-state index in [2.05, 4.69) is 6.07 Å². The van der Waals surface area contributed by atoms with E-state index in [1.165, 1.54) is 0 Å². The smallest absolute Gasteiger partial charge is 0.0991 e. The molecule has 1 saturated carbocycles. The summed E-state index contributed by atoms with van der Waals surface area (Å²) >= 11 is 0. The van der Waals surface area contributed by atoms with Gasteiger partial charge in [0.25, 0.3) is 0 Å². The predicted octanol–water partition coefficient (Wildman–Crippen LogP) is 4.47. The monoisotopic (exact) mass is 341 g/mol. The average Bonchev–Trinajstić information content (AvgIpc) is 3.39. The zero-order valence-electron chi connectivity index (χ0n) is 13.4. The summed E-state index contributed by atoms with van der Waals surface area (Å²) in [5.74, 6) is 0.558. The van der Waals surface area contributed by atoms with Gasteiger partial charge in [-0.15, -0.1) is 0 Å². The Morgan fingerprint density at radius 2 is 1.88 bits per heavy atom. The molecule has 5 nitrogen and oxygen atoms in total. The number of hydrogen-bond acceptors (Lipinski definition) is 5. The van der Waals surface area contributed by atoms with Crippen molar-refractivity contribution in [1.82, 2.24) is 0 Å². The molecule has 0 aromatic heterocycles. The molecule has 0 unspecified atom stereocenters. The molecule has 24 heavy (non-hydrogen) atoms. The van der Waals surface area contributed by atoms with E-state index < -0.39 is 11.0 Å². The zero-order valence-corrected chi connectivity index (χ0v) is 14.2. The van der Waals surface area contributed by atoms with E-state index in [0.717, 1.165) is 35.3 Å². The van der Waals surface area contributed by atoms with Crippen LogP contribution < -0.4 is 8.61 Å². The first kappa shape index (κ1) is 15.3. The van der Waals surface area contributed by atoms with E-state index in [1.54, 1.807) is 21.7 Å². The largest absolute Gasteiger partial charge is 0.264 e. The highest BCUT2D eigenvalue weighted by atomic mass is 32.3. The summed E-state index contributed by atoms with van der Waals surface area (Å²) in [6, 6.07) is 15.5. The number of rotatable bonds is 3. The van der Waals surface area contributed by atoms with E-state index >= 15 is 0 Å². The maximum atomic E-state index is 10.6. The van der Waals surface area contributed by atoms with Gasteiger partial charge in [-0.1, -0.05) is 18.2 Å². The fraction of sp³-hybridized carbons (Fsp3) is 0.278. The van der Waals surface area contributed by atoms with Crippen molar-refractivity contribution < 1.29 is 9.11 Å². The van der Waals surface area contributed by atoms with Crippen LogP contribution in [0, 0.1) is 17.2 Å². The van der Waals surface area contributed by atoms with Crippen molar-refractivity contribution in [1.29, 1.82) is 5.26 Å². The van der Waals surface area contributed by atoms with Crippen LogP contribution in [0.3, 0.4) is 0 Å². The van der Waals surface area contributed by atoms with E-state index in [4.69, 9.17) is 5.26 Å². The minimum Gasteiger partial charge on any atom is -0.264 e. The van der Waals surface area contributed by atoms with Crippen LogP contribution in [0.25, 0.3) is 11.1 Å². The maximum Gasteiger partial charge on any atom is 0.0991 e. The average molecular weight is 341 g/mol. The zero-order chi connectivity index (χ0) is 16.9. The Labute approximate surface area is 143 Å². The van der Waals surface area contributed by atoms with Crippen LogP contribution in [0.1, 0.15) is 18.4 Å². The van der Waals surface area contributed by atoms with Gasteiger partial charge in [0.1, 0.15) is 0 Å². The van der Waals surface area contributed by atoms with Crippen molar-refractivity contribution >= 4 is 22.3 Å². The fourth-order valence-electron chi connectivity index (χ4n) is 3.08. The molecule has 2 N–H and O–H groups in total. The minimum atomic E-state index is -2.98. The Bertz CT molecular complexity index is 842. The second-order valence-corrected chi connectivity index (χ2v) is 8.36. The SMILES string of the molecule is CN1c2cc(-c3cccc(C#N)c3)ccc2N(CC2CC2)S1(O)O. The highest BCUT2D eigenvalue weighted by molar-refractivity contribution is 8.26. The van der Waals surface area contributed by atoms with Crippen LogP contribution in [0.15, 0.2) is 42.5 Å². The molecule has 4 rings (SSSR count). The third-order valence-electron chi connectivity index (χ3n) is 4.69. The lowest BCUT2D eigenvalue weighted by Gasteiger charge is -2.42. The van der Waals surface area contributed by atoms with Crippen molar-refractivity contribution in [3.8, 4) is 17.2 Å². The van der Waals surface area contributed by atoms with Crippen LogP contribution in [-0.4, -0.2) is 22.7 Å². The molecule has 0 bridgehead atoms. The highest BCUT2D eigenvalue weighted by Gasteiger charge is 2.41. The minimum absolute atomic E-state index is 0.558. The second kappa shape index (κ2) is 5.42. The quantitative estimate of drug-likeness (QED) is 0.862. The molecule has 2 aliphatic rings. The molecule has 6 heteroatoms. The topological polar surface area (TPSA) is 70.7 Å². The van der Waals surface area contributed by atoms with Gasteiger partial charge in [-0.3, -0.25) is 17.7 Å². The molecule has 2 aromatic carbocycles. The van der Waals surface area contributed by atoms with E-state index in [-0.39, 0.29) is 0 Å². The second-order valence-electron chi connectivity index (χ2n) is 6.39. The van der Waals surface area contributed by atoms with Gasteiger partial charge >= 0.3 is 0 Å². The van der Waals surface area contributed by atoms with Crippen LogP contribution in [0.4, 0.5) is 11.4 Å². The van der Waals surface area contributed by atoms with Gasteiger partial charge < -0.3 is 0 Å². The molecule has 0 radical (unpaired) electrons. The van der Waals surface area contributed by atoms with Crippen molar-refractivity contribution in [2.75, 3.05) is 22.2 Å². The Morgan fingerprint density at radius 1 is 1.12 bits per heavy atom. The standard InChI is InChI=1S/C18H19N3O2S/c1-20-18-10-16(15-4-2-3-14(9-15)11-19)7-8-17(18)21(24(20,22)23)12-13-5-6-13/h2-4,7-10,13,22-23H,5-6,12H2,1H3. The molecule has 0 atom stereocenters. The molecular weight excluding hydrogens is 322 g/mol. The lowest BCUT2D eigenvalue weighted by atomic mass is 10.0. The summed E-state index contributed by atoms with van der Waals surface area (Å²) < 4.78 is 24.5. The number of fused-ring (bicyclic) bond motifs is 1. The summed E-state index contributed by atoms with van der Waals surface area (Å²) in [6.07, 6.45) is 2.31. The van der Waals surface area contributed by atoms with E-state index in [9.17, 15) is 9.11 Å². The number of nitrogens with zero attached hydrogens (tertiary/aromatic N) is 3. The van der Waals surface area contributed by atoms with Crippen molar-refractivity contribution in [2.45, 2.75) is 12.8 Å². The first-order valence-electron chi connectivity index (χ1n) is 7.95. The van der Waals surface area contributed by atoms with E-state index in [0.29, 0.717) is 18.0 Å². The van der Waals surface area contributed by atoms with Crippen LogP contribution in [0.2, 0.25) is 0 Å². The predicted molar refractivity (Wildman–Crippen MR) is 97.9 cm³/mol. The normalized spacial score (nSPS) is 19.8. The van der Waals surface area contributed by atoms with Gasteiger partial charge in [0, 0.05) is 13.6 Å². The molecule has 2 aromatic rings. The maximum absolute atomic E-state index is 10.6. The summed E-state index contributed by atoms with van der Waals surface area (Å²) in [5, 5.41) is 9.07. The number of hydrogen-bond donors (Lipinski definition) is 2. The molecule has 0 spiro atoms. The first-order chi connectivity index (χ1) is 11.5.